The van der Waals surface area contributed by atoms with Gasteiger partial charge in [-0.15, -0.1) is 0 Å². The Bertz CT molecular complexity index is 496. The molecule has 0 aliphatic carbocycles. The van der Waals surface area contributed by atoms with Crippen molar-refractivity contribution in [3.63, 3.8) is 0 Å². The molecule has 1 atom stereocenters. The lowest BCUT2D eigenvalue weighted by Gasteiger charge is -2.34. The number of piperazine rings is 1. The molecule has 1 aromatic rings. The SMILES string of the molecule is CC(=O)N1CCN(CCNC(=O)N[C@@H](C)Cn2ccnc2)CC1. The zero-order chi connectivity index (χ0) is 16.7. The van der Waals surface area contributed by atoms with Crippen LogP contribution < -0.4 is 10.6 Å². The molecular formula is C15H26N6O2. The van der Waals surface area contributed by atoms with Gasteiger partial charge in [-0.25, -0.2) is 9.78 Å². The summed E-state index contributed by atoms with van der Waals surface area (Å²) in [6.45, 7) is 8.92. The Labute approximate surface area is 136 Å². The zero-order valence-corrected chi connectivity index (χ0v) is 13.9. The van der Waals surface area contributed by atoms with Crippen molar-refractivity contribution in [2.24, 2.45) is 0 Å². The summed E-state index contributed by atoms with van der Waals surface area (Å²) in [5.74, 6) is 0.133. The molecule has 1 aliphatic heterocycles. The molecule has 1 aromatic heterocycles. The molecule has 3 amide bonds. The minimum atomic E-state index is -0.153. The van der Waals surface area contributed by atoms with E-state index in [9.17, 15) is 9.59 Å². The highest BCUT2D eigenvalue weighted by Crippen LogP contribution is 2.00. The fourth-order valence-corrected chi connectivity index (χ4v) is 2.65. The lowest BCUT2D eigenvalue weighted by molar-refractivity contribution is -0.130. The van der Waals surface area contributed by atoms with Gasteiger partial charge in [0.05, 0.1) is 6.33 Å². The molecule has 1 fully saturated rings. The average molecular weight is 322 g/mol. The highest BCUT2D eigenvalue weighted by Gasteiger charge is 2.18. The van der Waals surface area contributed by atoms with Crippen LogP contribution in [0.15, 0.2) is 18.7 Å². The smallest absolute Gasteiger partial charge is 0.315 e. The third kappa shape index (κ3) is 5.90. The molecule has 2 heterocycles. The van der Waals surface area contributed by atoms with Gasteiger partial charge in [0, 0.05) is 71.2 Å². The van der Waals surface area contributed by atoms with E-state index in [4.69, 9.17) is 0 Å². The number of amides is 3. The highest BCUT2D eigenvalue weighted by molar-refractivity contribution is 5.74. The predicted octanol–water partition coefficient (Wildman–Crippen LogP) is -0.265. The number of nitrogens with one attached hydrogen (secondary N) is 2. The monoisotopic (exact) mass is 322 g/mol. The van der Waals surface area contributed by atoms with E-state index in [-0.39, 0.29) is 18.0 Å². The summed E-state index contributed by atoms with van der Waals surface area (Å²) in [7, 11) is 0. The fraction of sp³-hybridized carbons (Fsp3) is 0.667. The third-order valence-electron chi connectivity index (χ3n) is 3.95. The Morgan fingerprint density at radius 1 is 1.26 bits per heavy atom. The summed E-state index contributed by atoms with van der Waals surface area (Å²) in [5, 5.41) is 5.79. The van der Waals surface area contributed by atoms with E-state index in [0.717, 1.165) is 32.7 Å². The third-order valence-corrected chi connectivity index (χ3v) is 3.95. The maximum Gasteiger partial charge on any atom is 0.315 e. The Morgan fingerprint density at radius 2 is 2.00 bits per heavy atom. The molecule has 2 N–H and O–H groups in total. The molecule has 128 valence electrons. The maximum absolute atomic E-state index is 11.8. The summed E-state index contributed by atoms with van der Waals surface area (Å²) in [4.78, 5) is 31.2. The number of rotatable bonds is 6. The van der Waals surface area contributed by atoms with Crippen molar-refractivity contribution >= 4 is 11.9 Å². The standard InChI is InChI=1S/C15H26N6O2/c1-13(11-20-5-3-16-12-20)18-15(23)17-4-6-19-7-9-21(10-8-19)14(2)22/h3,5,12-13H,4,6-11H2,1-2H3,(H2,17,18,23)/t13-/m0/s1. The molecule has 8 nitrogen and oxygen atoms in total. The minimum absolute atomic E-state index is 0.0308. The first-order chi connectivity index (χ1) is 11.0. The Morgan fingerprint density at radius 3 is 2.61 bits per heavy atom. The number of hydrogen-bond donors (Lipinski definition) is 2. The van der Waals surface area contributed by atoms with Crippen LogP contribution >= 0.6 is 0 Å². The Kier molecular flexibility index (Phi) is 6.40. The van der Waals surface area contributed by atoms with Gasteiger partial charge in [0.2, 0.25) is 5.91 Å². The average Bonchev–Trinajstić information content (AvgIpc) is 3.00. The molecule has 0 saturated carbocycles. The van der Waals surface area contributed by atoms with Gasteiger partial charge < -0.3 is 20.1 Å². The van der Waals surface area contributed by atoms with Crippen LogP contribution in [0.5, 0.6) is 0 Å². The topological polar surface area (TPSA) is 82.5 Å². The van der Waals surface area contributed by atoms with Gasteiger partial charge in [-0.2, -0.15) is 0 Å². The second-order valence-corrected chi connectivity index (χ2v) is 5.91. The van der Waals surface area contributed by atoms with Crippen LogP contribution in [0.3, 0.4) is 0 Å². The van der Waals surface area contributed by atoms with Gasteiger partial charge in [0.15, 0.2) is 0 Å². The number of carbonyl (C=O) groups is 2. The van der Waals surface area contributed by atoms with Gasteiger partial charge in [-0.3, -0.25) is 9.69 Å². The summed E-state index contributed by atoms with van der Waals surface area (Å²) >= 11 is 0. The number of carbonyl (C=O) groups excluding carboxylic acids is 2. The summed E-state index contributed by atoms with van der Waals surface area (Å²) in [6.07, 6.45) is 5.33. The van der Waals surface area contributed by atoms with Crippen molar-refractivity contribution in [3.05, 3.63) is 18.7 Å². The molecule has 0 spiro atoms. The zero-order valence-electron chi connectivity index (χ0n) is 13.9. The van der Waals surface area contributed by atoms with Crippen molar-refractivity contribution < 1.29 is 9.59 Å². The van der Waals surface area contributed by atoms with Crippen molar-refractivity contribution in [3.8, 4) is 0 Å². The number of aromatic nitrogens is 2. The summed E-state index contributed by atoms with van der Waals surface area (Å²) < 4.78 is 1.93. The molecule has 1 saturated heterocycles. The van der Waals surface area contributed by atoms with Gasteiger partial charge in [0.1, 0.15) is 0 Å². The van der Waals surface area contributed by atoms with E-state index in [1.807, 2.05) is 22.6 Å². The Balaban J connectivity index is 1.57. The molecule has 0 unspecified atom stereocenters. The van der Waals surface area contributed by atoms with Gasteiger partial charge in [-0.05, 0) is 6.92 Å². The van der Waals surface area contributed by atoms with E-state index in [1.54, 1.807) is 19.4 Å². The second-order valence-electron chi connectivity index (χ2n) is 5.91. The molecule has 2 rings (SSSR count). The van der Waals surface area contributed by atoms with Gasteiger partial charge >= 0.3 is 6.03 Å². The van der Waals surface area contributed by atoms with Crippen LogP contribution in [0, 0.1) is 0 Å². The largest absolute Gasteiger partial charge is 0.340 e. The quantitative estimate of drug-likeness (QED) is 0.756. The molecule has 0 aromatic carbocycles. The molecule has 8 heteroatoms. The van der Waals surface area contributed by atoms with E-state index >= 15 is 0 Å². The van der Waals surface area contributed by atoms with Crippen LogP contribution in [0.2, 0.25) is 0 Å². The first-order valence-electron chi connectivity index (χ1n) is 8.02. The van der Waals surface area contributed by atoms with Crippen molar-refractivity contribution in [1.29, 1.82) is 0 Å². The number of hydrogen-bond acceptors (Lipinski definition) is 4. The first kappa shape index (κ1) is 17.3. The molecule has 0 bridgehead atoms. The van der Waals surface area contributed by atoms with Crippen molar-refractivity contribution in [2.75, 3.05) is 39.3 Å². The molecule has 1 aliphatic rings. The van der Waals surface area contributed by atoms with E-state index < -0.39 is 0 Å². The van der Waals surface area contributed by atoms with E-state index in [0.29, 0.717) is 13.1 Å². The van der Waals surface area contributed by atoms with Crippen molar-refractivity contribution in [1.82, 2.24) is 30.0 Å². The van der Waals surface area contributed by atoms with Crippen LogP contribution in [0.4, 0.5) is 4.79 Å². The maximum atomic E-state index is 11.8. The van der Waals surface area contributed by atoms with E-state index in [2.05, 4.69) is 20.5 Å². The molecular weight excluding hydrogens is 296 g/mol. The first-order valence-corrected chi connectivity index (χ1v) is 8.02. The summed E-state index contributed by atoms with van der Waals surface area (Å²) in [6, 6.07) is -0.122. The van der Waals surface area contributed by atoms with Crippen LogP contribution in [-0.4, -0.2) is 76.6 Å². The lowest BCUT2D eigenvalue weighted by atomic mass is 10.3. The minimum Gasteiger partial charge on any atom is -0.340 e. The van der Waals surface area contributed by atoms with Gasteiger partial charge in [-0.1, -0.05) is 0 Å². The van der Waals surface area contributed by atoms with Gasteiger partial charge in [0.25, 0.3) is 0 Å². The van der Waals surface area contributed by atoms with Crippen molar-refractivity contribution in [2.45, 2.75) is 26.4 Å². The lowest BCUT2D eigenvalue weighted by Crippen LogP contribution is -2.50. The molecule has 23 heavy (non-hydrogen) atoms. The molecule has 0 radical (unpaired) electrons. The predicted molar refractivity (Wildman–Crippen MR) is 86.9 cm³/mol. The van der Waals surface area contributed by atoms with Crippen LogP contribution in [0.25, 0.3) is 0 Å². The number of imidazole rings is 1. The van der Waals surface area contributed by atoms with Crippen LogP contribution in [-0.2, 0) is 11.3 Å². The normalized spacial score (nSPS) is 16.9. The fourth-order valence-electron chi connectivity index (χ4n) is 2.65. The second kappa shape index (κ2) is 8.52. The highest BCUT2D eigenvalue weighted by atomic mass is 16.2. The van der Waals surface area contributed by atoms with E-state index in [1.165, 1.54) is 0 Å². The number of urea groups is 1. The Hall–Kier alpha value is -2.09. The van der Waals surface area contributed by atoms with Crippen LogP contribution in [0.1, 0.15) is 13.8 Å². The summed E-state index contributed by atoms with van der Waals surface area (Å²) in [5.41, 5.74) is 0. The number of nitrogens with zero attached hydrogens (tertiary/aromatic N) is 4.